The molecular formula is C21H16F2N4O2. The van der Waals surface area contributed by atoms with Crippen LogP contribution in [0.3, 0.4) is 0 Å². The van der Waals surface area contributed by atoms with Gasteiger partial charge in [0.05, 0.1) is 11.1 Å². The van der Waals surface area contributed by atoms with Crippen molar-refractivity contribution in [3.05, 3.63) is 66.1 Å². The molecule has 1 aromatic carbocycles. The molecule has 6 nitrogen and oxygen atoms in total. The third kappa shape index (κ3) is 3.69. The van der Waals surface area contributed by atoms with Crippen LogP contribution in [0.4, 0.5) is 14.6 Å². The van der Waals surface area contributed by atoms with Crippen LogP contribution in [-0.4, -0.2) is 21.8 Å². The summed E-state index contributed by atoms with van der Waals surface area (Å²) in [7, 11) is 0. The minimum atomic E-state index is -0.743. The molecule has 1 fully saturated rings. The van der Waals surface area contributed by atoms with Crippen molar-refractivity contribution in [2.24, 2.45) is 11.7 Å². The van der Waals surface area contributed by atoms with Gasteiger partial charge in [-0.1, -0.05) is 6.07 Å². The molecule has 2 aromatic heterocycles. The van der Waals surface area contributed by atoms with Gasteiger partial charge in [0.25, 0.3) is 0 Å². The molecule has 0 radical (unpaired) electrons. The van der Waals surface area contributed by atoms with Gasteiger partial charge in [-0.25, -0.2) is 13.8 Å². The SMILES string of the molecule is NC(=O)c1ccnc(NC(=O)C2CC2)c1-c1cncc(-c2c(F)cccc2F)c1. The van der Waals surface area contributed by atoms with Crippen LogP contribution >= 0.6 is 0 Å². The van der Waals surface area contributed by atoms with E-state index in [9.17, 15) is 18.4 Å². The van der Waals surface area contributed by atoms with Crippen LogP contribution in [0.2, 0.25) is 0 Å². The number of hydrogen-bond donors (Lipinski definition) is 2. The molecule has 2 amide bonds. The number of carbonyl (C=O) groups is 2. The van der Waals surface area contributed by atoms with Gasteiger partial charge in [-0.15, -0.1) is 0 Å². The normalized spacial score (nSPS) is 13.2. The number of pyridine rings is 2. The number of hydrogen-bond acceptors (Lipinski definition) is 4. The molecule has 3 aromatic rings. The molecule has 29 heavy (non-hydrogen) atoms. The topological polar surface area (TPSA) is 98.0 Å². The number of aromatic nitrogens is 2. The standard InChI is InChI=1S/C21H16F2N4O2/c22-15-2-1-3-16(23)18(15)13-8-12(9-25-10-13)17-14(19(24)28)6-7-26-20(17)27-21(29)11-4-5-11/h1-3,6-11H,4-5H2,(H2,24,28)(H,26,27,29). The fourth-order valence-electron chi connectivity index (χ4n) is 3.11. The van der Waals surface area contributed by atoms with Gasteiger partial charge in [-0.3, -0.25) is 14.6 Å². The van der Waals surface area contributed by atoms with E-state index in [1.54, 1.807) is 0 Å². The van der Waals surface area contributed by atoms with E-state index >= 15 is 0 Å². The molecule has 1 saturated carbocycles. The lowest BCUT2D eigenvalue weighted by molar-refractivity contribution is -0.117. The van der Waals surface area contributed by atoms with Crippen molar-refractivity contribution < 1.29 is 18.4 Å². The first-order chi connectivity index (χ1) is 14.0. The predicted octanol–water partition coefficient (Wildman–Crippen LogP) is 3.54. The number of carbonyl (C=O) groups excluding carboxylic acids is 2. The minimum absolute atomic E-state index is 0.0844. The minimum Gasteiger partial charge on any atom is -0.366 e. The smallest absolute Gasteiger partial charge is 0.249 e. The van der Waals surface area contributed by atoms with Crippen LogP contribution in [0.5, 0.6) is 0 Å². The van der Waals surface area contributed by atoms with Gasteiger partial charge in [0, 0.05) is 41.2 Å². The zero-order valence-electron chi connectivity index (χ0n) is 15.2. The van der Waals surface area contributed by atoms with Crippen LogP contribution in [0, 0.1) is 17.6 Å². The highest BCUT2D eigenvalue weighted by atomic mass is 19.1. The van der Waals surface area contributed by atoms with Crippen LogP contribution in [-0.2, 0) is 4.79 Å². The molecule has 3 N–H and O–H groups in total. The van der Waals surface area contributed by atoms with Crippen molar-refractivity contribution in [1.29, 1.82) is 0 Å². The number of nitrogens with zero attached hydrogens (tertiary/aromatic N) is 2. The van der Waals surface area contributed by atoms with Crippen LogP contribution in [0.25, 0.3) is 22.3 Å². The quantitative estimate of drug-likeness (QED) is 0.692. The summed E-state index contributed by atoms with van der Waals surface area (Å²) in [5.41, 5.74) is 6.14. The maximum atomic E-state index is 14.2. The number of halogens is 2. The largest absolute Gasteiger partial charge is 0.366 e. The molecule has 1 aliphatic carbocycles. The summed E-state index contributed by atoms with van der Waals surface area (Å²) in [6, 6.07) is 6.45. The number of nitrogens with one attached hydrogen (secondary N) is 1. The molecule has 0 unspecified atom stereocenters. The molecule has 8 heteroatoms. The molecule has 146 valence electrons. The number of benzene rings is 1. The van der Waals surface area contributed by atoms with E-state index in [1.807, 2.05) is 0 Å². The first-order valence-corrected chi connectivity index (χ1v) is 8.95. The number of rotatable bonds is 5. The molecule has 0 spiro atoms. The summed E-state index contributed by atoms with van der Waals surface area (Å²) in [6.07, 6.45) is 5.67. The number of anilines is 1. The summed E-state index contributed by atoms with van der Waals surface area (Å²) in [4.78, 5) is 32.5. The van der Waals surface area contributed by atoms with Crippen LogP contribution < -0.4 is 11.1 Å². The van der Waals surface area contributed by atoms with Crippen molar-refractivity contribution in [2.75, 3.05) is 5.32 Å². The highest BCUT2D eigenvalue weighted by molar-refractivity contribution is 6.05. The summed E-state index contributed by atoms with van der Waals surface area (Å²) < 4.78 is 28.4. The second-order valence-electron chi connectivity index (χ2n) is 6.77. The van der Waals surface area contributed by atoms with E-state index in [4.69, 9.17) is 5.73 Å². The first kappa shape index (κ1) is 18.7. The lowest BCUT2D eigenvalue weighted by Gasteiger charge is -2.14. The Hall–Kier alpha value is -3.68. The molecule has 0 atom stereocenters. The number of primary amides is 1. The van der Waals surface area contributed by atoms with Crippen molar-refractivity contribution in [3.63, 3.8) is 0 Å². The van der Waals surface area contributed by atoms with Gasteiger partial charge in [-0.2, -0.15) is 0 Å². The molecular weight excluding hydrogens is 378 g/mol. The van der Waals surface area contributed by atoms with Crippen molar-refractivity contribution in [1.82, 2.24) is 9.97 Å². The molecule has 0 bridgehead atoms. The van der Waals surface area contributed by atoms with Gasteiger partial charge in [-0.05, 0) is 37.1 Å². The fourth-order valence-corrected chi connectivity index (χ4v) is 3.11. The average molecular weight is 394 g/mol. The molecule has 2 heterocycles. The van der Waals surface area contributed by atoms with Gasteiger partial charge in [0.1, 0.15) is 17.5 Å². The molecule has 4 rings (SSSR count). The number of amides is 2. The Morgan fingerprint density at radius 2 is 1.69 bits per heavy atom. The Morgan fingerprint density at radius 1 is 1.03 bits per heavy atom. The Labute approximate surface area is 164 Å². The van der Waals surface area contributed by atoms with Gasteiger partial charge < -0.3 is 11.1 Å². The Kier molecular flexibility index (Phi) is 4.75. The van der Waals surface area contributed by atoms with Crippen molar-refractivity contribution in [3.8, 4) is 22.3 Å². The summed E-state index contributed by atoms with van der Waals surface area (Å²) in [6.45, 7) is 0. The van der Waals surface area contributed by atoms with Gasteiger partial charge >= 0.3 is 0 Å². The molecule has 0 saturated heterocycles. The average Bonchev–Trinajstić information content (AvgIpc) is 3.53. The maximum absolute atomic E-state index is 14.2. The second-order valence-corrected chi connectivity index (χ2v) is 6.77. The first-order valence-electron chi connectivity index (χ1n) is 8.95. The monoisotopic (exact) mass is 394 g/mol. The van der Waals surface area contributed by atoms with Crippen LogP contribution in [0.15, 0.2) is 48.9 Å². The lowest BCUT2D eigenvalue weighted by Crippen LogP contribution is -2.18. The van der Waals surface area contributed by atoms with Crippen molar-refractivity contribution in [2.45, 2.75) is 12.8 Å². The van der Waals surface area contributed by atoms with E-state index in [1.165, 1.54) is 36.8 Å². The van der Waals surface area contributed by atoms with E-state index in [0.29, 0.717) is 5.56 Å². The van der Waals surface area contributed by atoms with E-state index in [-0.39, 0.29) is 39.9 Å². The lowest BCUT2D eigenvalue weighted by atomic mass is 9.98. The maximum Gasteiger partial charge on any atom is 0.249 e. The Balaban J connectivity index is 1.86. The zero-order valence-corrected chi connectivity index (χ0v) is 15.2. The van der Waals surface area contributed by atoms with Crippen molar-refractivity contribution >= 4 is 17.6 Å². The molecule has 1 aliphatic rings. The van der Waals surface area contributed by atoms with E-state index in [2.05, 4.69) is 15.3 Å². The van der Waals surface area contributed by atoms with Gasteiger partial charge in [0.15, 0.2) is 0 Å². The third-order valence-electron chi connectivity index (χ3n) is 4.68. The summed E-state index contributed by atoms with van der Waals surface area (Å²) in [5, 5.41) is 2.71. The zero-order chi connectivity index (χ0) is 20.5. The Morgan fingerprint density at radius 3 is 2.31 bits per heavy atom. The number of nitrogens with two attached hydrogens (primary N) is 1. The predicted molar refractivity (Wildman–Crippen MR) is 103 cm³/mol. The summed E-state index contributed by atoms with van der Waals surface area (Å²) >= 11 is 0. The fraction of sp³-hybridized carbons (Fsp3) is 0.143. The van der Waals surface area contributed by atoms with E-state index in [0.717, 1.165) is 25.0 Å². The van der Waals surface area contributed by atoms with E-state index < -0.39 is 17.5 Å². The summed E-state index contributed by atoms with van der Waals surface area (Å²) in [5.74, 6) is -2.36. The van der Waals surface area contributed by atoms with Gasteiger partial charge in [0.2, 0.25) is 11.8 Å². The highest BCUT2D eigenvalue weighted by Gasteiger charge is 2.31. The third-order valence-corrected chi connectivity index (χ3v) is 4.68. The highest BCUT2D eigenvalue weighted by Crippen LogP contribution is 2.35. The molecule has 0 aliphatic heterocycles. The Bertz CT molecular complexity index is 1110. The second kappa shape index (κ2) is 7.38. The van der Waals surface area contributed by atoms with Crippen LogP contribution in [0.1, 0.15) is 23.2 Å².